The van der Waals surface area contributed by atoms with Gasteiger partial charge in [-0.3, -0.25) is 9.00 Å². The van der Waals surface area contributed by atoms with E-state index in [4.69, 9.17) is 0 Å². The number of nitrogens with one attached hydrogen (secondary N) is 1. The van der Waals surface area contributed by atoms with Crippen LogP contribution in [0, 0.1) is 6.92 Å². The molecular weight excluding hydrogens is 266 g/mol. The second kappa shape index (κ2) is 5.46. The van der Waals surface area contributed by atoms with Crippen LogP contribution in [0.1, 0.15) is 15.2 Å². The van der Waals surface area contributed by atoms with E-state index in [1.54, 1.807) is 30.5 Å². The van der Waals surface area contributed by atoms with Gasteiger partial charge in [-0.1, -0.05) is 6.07 Å². The molecule has 0 aliphatic heterocycles. The van der Waals surface area contributed by atoms with Crippen LogP contribution in [0.4, 0.5) is 5.69 Å². The Kier molecular flexibility index (Phi) is 3.93. The number of hydrogen-bond donors (Lipinski definition) is 1. The Hall–Kier alpha value is -1.46. The third-order valence-corrected chi connectivity index (χ3v) is 4.43. The second-order valence-corrected chi connectivity index (χ2v) is 6.16. The zero-order chi connectivity index (χ0) is 13.1. The largest absolute Gasteiger partial charge is 0.321 e. The van der Waals surface area contributed by atoms with Crippen LogP contribution in [-0.4, -0.2) is 16.4 Å². The first-order valence-electron chi connectivity index (χ1n) is 5.37. The third kappa shape index (κ3) is 2.86. The summed E-state index contributed by atoms with van der Waals surface area (Å²) >= 11 is 1.42. The van der Waals surface area contributed by atoms with Crippen LogP contribution in [0.5, 0.6) is 0 Å². The Morgan fingerprint density at radius 3 is 2.72 bits per heavy atom. The van der Waals surface area contributed by atoms with Gasteiger partial charge in [0.15, 0.2) is 0 Å². The molecule has 0 bridgehead atoms. The lowest BCUT2D eigenvalue weighted by molar-refractivity contribution is 0.103. The molecule has 0 radical (unpaired) electrons. The van der Waals surface area contributed by atoms with Gasteiger partial charge in [-0.15, -0.1) is 11.3 Å². The van der Waals surface area contributed by atoms with Crippen molar-refractivity contribution in [2.45, 2.75) is 11.8 Å². The molecule has 1 amide bonds. The third-order valence-electron chi connectivity index (χ3n) is 2.49. The minimum absolute atomic E-state index is 0.124. The lowest BCUT2D eigenvalue weighted by atomic mass is 10.2. The molecule has 1 N–H and O–H groups in total. The van der Waals surface area contributed by atoms with Crippen LogP contribution in [0.2, 0.25) is 0 Å². The van der Waals surface area contributed by atoms with Crippen molar-refractivity contribution in [2.75, 3.05) is 11.6 Å². The molecule has 18 heavy (non-hydrogen) atoms. The number of carbonyl (C=O) groups is 1. The van der Waals surface area contributed by atoms with Crippen LogP contribution < -0.4 is 5.32 Å². The first-order chi connectivity index (χ1) is 8.58. The Bertz CT molecular complexity index is 605. The van der Waals surface area contributed by atoms with Gasteiger partial charge < -0.3 is 5.32 Å². The molecule has 0 fully saturated rings. The van der Waals surface area contributed by atoms with E-state index in [9.17, 15) is 9.00 Å². The molecule has 1 aromatic carbocycles. The molecule has 1 atom stereocenters. The molecule has 0 aliphatic rings. The number of benzene rings is 1. The van der Waals surface area contributed by atoms with Gasteiger partial charge in [-0.25, -0.2) is 0 Å². The van der Waals surface area contributed by atoms with Crippen molar-refractivity contribution in [3.63, 3.8) is 0 Å². The fourth-order valence-corrected chi connectivity index (χ4v) is 2.93. The molecule has 3 nitrogen and oxygen atoms in total. The zero-order valence-electron chi connectivity index (χ0n) is 10.1. The Morgan fingerprint density at radius 1 is 1.33 bits per heavy atom. The van der Waals surface area contributed by atoms with Crippen molar-refractivity contribution in [1.29, 1.82) is 0 Å². The maximum absolute atomic E-state index is 12.0. The minimum Gasteiger partial charge on any atom is -0.321 e. The molecular formula is C13H13NO2S2. The SMILES string of the molecule is Cc1ccsc1C(=O)Nc1cccc(S(C)=O)c1. The van der Waals surface area contributed by atoms with Crippen molar-refractivity contribution >= 4 is 33.7 Å². The fraction of sp³-hybridized carbons (Fsp3) is 0.154. The van der Waals surface area contributed by atoms with E-state index in [0.29, 0.717) is 15.5 Å². The average Bonchev–Trinajstić information content (AvgIpc) is 2.76. The first-order valence-corrected chi connectivity index (χ1v) is 7.80. The van der Waals surface area contributed by atoms with Crippen LogP contribution in [0.15, 0.2) is 40.6 Å². The van der Waals surface area contributed by atoms with Gasteiger partial charge in [0.1, 0.15) is 0 Å². The van der Waals surface area contributed by atoms with Gasteiger partial charge in [-0.2, -0.15) is 0 Å². The van der Waals surface area contributed by atoms with Gasteiger partial charge in [0.25, 0.3) is 5.91 Å². The predicted octanol–water partition coefficient (Wildman–Crippen LogP) is 3.05. The summed E-state index contributed by atoms with van der Waals surface area (Å²) in [5.74, 6) is -0.124. The highest BCUT2D eigenvalue weighted by Crippen LogP contribution is 2.19. The van der Waals surface area contributed by atoms with E-state index < -0.39 is 10.8 Å². The fourth-order valence-electron chi connectivity index (χ4n) is 1.55. The van der Waals surface area contributed by atoms with E-state index in [2.05, 4.69) is 5.32 Å². The molecule has 2 rings (SSSR count). The highest BCUT2D eigenvalue weighted by molar-refractivity contribution is 7.84. The normalized spacial score (nSPS) is 12.1. The highest BCUT2D eigenvalue weighted by atomic mass is 32.2. The quantitative estimate of drug-likeness (QED) is 0.938. The van der Waals surface area contributed by atoms with Crippen LogP contribution in [0.3, 0.4) is 0 Å². The van der Waals surface area contributed by atoms with Crippen molar-refractivity contribution in [3.8, 4) is 0 Å². The topological polar surface area (TPSA) is 46.2 Å². The summed E-state index contributed by atoms with van der Waals surface area (Å²) in [5, 5.41) is 4.71. The zero-order valence-corrected chi connectivity index (χ0v) is 11.7. The lowest BCUT2D eigenvalue weighted by Crippen LogP contribution is -2.11. The molecule has 0 spiro atoms. The van der Waals surface area contributed by atoms with Crippen LogP contribution in [-0.2, 0) is 10.8 Å². The van der Waals surface area contributed by atoms with Gasteiger partial charge in [-0.05, 0) is 42.1 Å². The van der Waals surface area contributed by atoms with Gasteiger partial charge in [0.2, 0.25) is 0 Å². The molecule has 94 valence electrons. The predicted molar refractivity (Wildman–Crippen MR) is 75.8 cm³/mol. The van der Waals surface area contributed by atoms with E-state index in [1.807, 2.05) is 18.4 Å². The standard InChI is InChI=1S/C13H13NO2S2/c1-9-6-7-17-12(9)13(15)14-10-4-3-5-11(8-10)18(2)16/h3-8H,1-2H3,(H,14,15). The summed E-state index contributed by atoms with van der Waals surface area (Å²) in [7, 11) is -1.04. The Balaban J connectivity index is 2.20. The molecule has 1 heterocycles. The summed E-state index contributed by atoms with van der Waals surface area (Å²) < 4.78 is 11.4. The summed E-state index contributed by atoms with van der Waals surface area (Å²) in [6.07, 6.45) is 1.62. The van der Waals surface area contributed by atoms with Gasteiger partial charge >= 0.3 is 0 Å². The summed E-state index contributed by atoms with van der Waals surface area (Å²) in [4.78, 5) is 13.4. The minimum atomic E-state index is -1.04. The van der Waals surface area contributed by atoms with Crippen LogP contribution >= 0.6 is 11.3 Å². The second-order valence-electron chi connectivity index (χ2n) is 3.87. The molecule has 5 heteroatoms. The molecule has 0 saturated carbocycles. The highest BCUT2D eigenvalue weighted by Gasteiger charge is 2.10. The summed E-state index contributed by atoms with van der Waals surface area (Å²) in [5.41, 5.74) is 1.63. The van der Waals surface area contributed by atoms with Crippen molar-refractivity contribution in [3.05, 3.63) is 46.2 Å². The molecule has 2 aromatic rings. The molecule has 1 unspecified atom stereocenters. The Morgan fingerprint density at radius 2 is 2.11 bits per heavy atom. The van der Waals surface area contributed by atoms with Crippen molar-refractivity contribution in [1.82, 2.24) is 0 Å². The van der Waals surface area contributed by atoms with Gasteiger partial charge in [0.05, 0.1) is 4.88 Å². The average molecular weight is 279 g/mol. The first kappa shape index (κ1) is 13.0. The number of carbonyl (C=O) groups excluding carboxylic acids is 1. The Labute approximate surface area is 112 Å². The molecule has 0 aliphatic carbocycles. The maximum atomic E-state index is 12.0. The van der Waals surface area contributed by atoms with E-state index in [-0.39, 0.29) is 5.91 Å². The van der Waals surface area contributed by atoms with E-state index >= 15 is 0 Å². The number of anilines is 1. The van der Waals surface area contributed by atoms with Crippen molar-refractivity contribution < 1.29 is 9.00 Å². The lowest BCUT2D eigenvalue weighted by Gasteiger charge is -2.05. The number of thiophene rings is 1. The smallest absolute Gasteiger partial charge is 0.265 e. The molecule has 1 aromatic heterocycles. The number of amides is 1. The number of rotatable bonds is 3. The van der Waals surface area contributed by atoms with Crippen LogP contribution in [0.25, 0.3) is 0 Å². The number of hydrogen-bond acceptors (Lipinski definition) is 3. The molecule has 0 saturated heterocycles. The number of aryl methyl sites for hydroxylation is 1. The van der Waals surface area contributed by atoms with Crippen molar-refractivity contribution in [2.24, 2.45) is 0 Å². The van der Waals surface area contributed by atoms with E-state index in [1.165, 1.54) is 11.3 Å². The van der Waals surface area contributed by atoms with Gasteiger partial charge in [0, 0.05) is 27.6 Å². The summed E-state index contributed by atoms with van der Waals surface area (Å²) in [6.45, 7) is 1.91. The summed E-state index contributed by atoms with van der Waals surface area (Å²) in [6, 6.07) is 9.00. The monoisotopic (exact) mass is 279 g/mol. The maximum Gasteiger partial charge on any atom is 0.265 e. The van der Waals surface area contributed by atoms with E-state index in [0.717, 1.165) is 5.56 Å².